The minimum Gasteiger partial charge on any atom is -0.360 e. The molecule has 3 aromatic rings. The molecule has 0 unspecified atom stereocenters. The summed E-state index contributed by atoms with van der Waals surface area (Å²) in [6, 6.07) is 28.0. The molecule has 0 aromatic heterocycles. The molecule has 1 amide bonds. The monoisotopic (exact) mass is 431 g/mol. The summed E-state index contributed by atoms with van der Waals surface area (Å²) in [4.78, 5) is 16.3. The molecule has 4 rings (SSSR count). The Balaban J connectivity index is 1.26. The van der Waals surface area contributed by atoms with Gasteiger partial charge in [-0.05, 0) is 48.6 Å². The van der Waals surface area contributed by atoms with Crippen LogP contribution >= 0.6 is 12.2 Å². The molecule has 31 heavy (non-hydrogen) atoms. The van der Waals surface area contributed by atoms with Gasteiger partial charge in [0.1, 0.15) is 6.54 Å². The van der Waals surface area contributed by atoms with Crippen molar-refractivity contribution in [3.05, 3.63) is 96.1 Å². The highest BCUT2D eigenvalue weighted by molar-refractivity contribution is 7.80. The van der Waals surface area contributed by atoms with Crippen LogP contribution in [0, 0.1) is 0 Å². The molecule has 1 saturated heterocycles. The van der Waals surface area contributed by atoms with Gasteiger partial charge in [0, 0.05) is 22.5 Å². The number of thiocarbonyl (C=S) groups is 1. The Labute approximate surface area is 188 Å². The Bertz CT molecular complexity index is 1000. The third-order valence-electron chi connectivity index (χ3n) is 5.52. The number of anilines is 2. The molecular weight excluding hydrogens is 404 g/mol. The van der Waals surface area contributed by atoms with E-state index in [0.29, 0.717) is 10.7 Å². The highest BCUT2D eigenvalue weighted by Crippen LogP contribution is 2.18. The second-order valence-electron chi connectivity index (χ2n) is 7.72. The van der Waals surface area contributed by atoms with Crippen molar-refractivity contribution < 1.29 is 9.69 Å². The number of nitrogens with zero attached hydrogens (tertiary/aromatic N) is 1. The third kappa shape index (κ3) is 5.90. The van der Waals surface area contributed by atoms with Crippen molar-refractivity contribution in [3.63, 3.8) is 0 Å². The summed E-state index contributed by atoms with van der Waals surface area (Å²) in [6.07, 6.45) is 0. The quantitative estimate of drug-likeness (QED) is 0.544. The number of hydrogen-bond donors (Lipinski definition) is 3. The van der Waals surface area contributed by atoms with Crippen LogP contribution in [-0.4, -0.2) is 37.2 Å². The maximum absolute atomic E-state index is 12.2. The van der Waals surface area contributed by atoms with Crippen molar-refractivity contribution in [3.8, 4) is 0 Å². The minimum atomic E-state index is -0.217. The number of quaternary nitrogens is 1. The van der Waals surface area contributed by atoms with Gasteiger partial charge in [-0.15, -0.1) is 0 Å². The fourth-order valence-electron chi connectivity index (χ4n) is 3.83. The Kier molecular flexibility index (Phi) is 6.92. The Morgan fingerprint density at radius 1 is 0.871 bits per heavy atom. The van der Waals surface area contributed by atoms with Crippen molar-refractivity contribution >= 4 is 34.6 Å². The third-order valence-corrected chi connectivity index (χ3v) is 5.72. The van der Waals surface area contributed by atoms with Crippen LogP contribution in [0.1, 0.15) is 15.9 Å². The van der Waals surface area contributed by atoms with Gasteiger partial charge >= 0.3 is 0 Å². The molecule has 1 aliphatic heterocycles. The van der Waals surface area contributed by atoms with Crippen molar-refractivity contribution in [2.75, 3.05) is 36.4 Å². The second-order valence-corrected chi connectivity index (χ2v) is 8.13. The van der Waals surface area contributed by atoms with Crippen LogP contribution in [0.4, 0.5) is 11.4 Å². The van der Waals surface area contributed by atoms with E-state index in [1.54, 1.807) is 17.0 Å². The minimum absolute atomic E-state index is 0.217. The number of amides is 1. The van der Waals surface area contributed by atoms with Crippen LogP contribution in [-0.2, 0) is 6.54 Å². The SMILES string of the molecule is O=C(NC(=S)Nc1ccc(N2CC[NH+](Cc3ccccc3)CC2)cc1)c1ccccc1. The van der Waals surface area contributed by atoms with Crippen molar-refractivity contribution in [2.45, 2.75) is 6.54 Å². The van der Waals surface area contributed by atoms with E-state index in [2.05, 4.69) is 58.0 Å². The average Bonchev–Trinajstić information content (AvgIpc) is 2.81. The molecule has 0 saturated carbocycles. The fraction of sp³-hybridized carbons (Fsp3) is 0.200. The van der Waals surface area contributed by atoms with Crippen LogP contribution in [0.5, 0.6) is 0 Å². The highest BCUT2D eigenvalue weighted by atomic mass is 32.1. The van der Waals surface area contributed by atoms with E-state index in [1.165, 1.54) is 11.3 Å². The summed E-state index contributed by atoms with van der Waals surface area (Å²) in [7, 11) is 0. The predicted octanol–water partition coefficient (Wildman–Crippen LogP) is 2.72. The maximum Gasteiger partial charge on any atom is 0.257 e. The number of benzene rings is 3. The lowest BCUT2D eigenvalue weighted by Crippen LogP contribution is -3.13. The molecule has 1 heterocycles. The number of carbonyl (C=O) groups excluding carboxylic acids is 1. The summed E-state index contributed by atoms with van der Waals surface area (Å²) in [5.74, 6) is -0.217. The van der Waals surface area contributed by atoms with Gasteiger partial charge in [-0.25, -0.2) is 0 Å². The van der Waals surface area contributed by atoms with Crippen LogP contribution < -0.4 is 20.4 Å². The Hall–Kier alpha value is -3.22. The van der Waals surface area contributed by atoms with Gasteiger partial charge in [0.25, 0.3) is 5.91 Å². The van der Waals surface area contributed by atoms with Crippen LogP contribution in [0.15, 0.2) is 84.9 Å². The predicted molar refractivity (Wildman–Crippen MR) is 130 cm³/mol. The van der Waals surface area contributed by atoms with Crippen LogP contribution in [0.2, 0.25) is 0 Å². The Morgan fingerprint density at radius 2 is 1.48 bits per heavy atom. The van der Waals surface area contributed by atoms with Gasteiger partial charge in [0.2, 0.25) is 0 Å². The summed E-state index contributed by atoms with van der Waals surface area (Å²) < 4.78 is 0. The molecule has 0 aliphatic carbocycles. The van der Waals surface area contributed by atoms with Gasteiger partial charge in [0.05, 0.1) is 26.2 Å². The number of carbonyl (C=O) groups is 1. The summed E-state index contributed by atoms with van der Waals surface area (Å²) in [5.41, 5.74) is 4.05. The first-order valence-corrected chi connectivity index (χ1v) is 11.0. The molecule has 3 N–H and O–H groups in total. The average molecular weight is 432 g/mol. The molecule has 3 aromatic carbocycles. The topological polar surface area (TPSA) is 48.8 Å². The molecule has 0 bridgehead atoms. The summed E-state index contributed by atoms with van der Waals surface area (Å²) in [6.45, 7) is 5.43. The summed E-state index contributed by atoms with van der Waals surface area (Å²) >= 11 is 5.28. The number of rotatable bonds is 5. The first-order valence-electron chi connectivity index (χ1n) is 10.6. The second kappa shape index (κ2) is 10.2. The maximum atomic E-state index is 12.2. The molecule has 5 nitrogen and oxygen atoms in total. The molecule has 0 radical (unpaired) electrons. The zero-order valence-corrected chi connectivity index (χ0v) is 18.2. The largest absolute Gasteiger partial charge is 0.360 e. The van der Waals surface area contributed by atoms with Crippen molar-refractivity contribution in [1.29, 1.82) is 0 Å². The molecular formula is C25H27N4OS+. The van der Waals surface area contributed by atoms with Gasteiger partial charge in [-0.3, -0.25) is 10.1 Å². The van der Waals surface area contributed by atoms with Gasteiger partial charge in [-0.2, -0.15) is 0 Å². The van der Waals surface area contributed by atoms with Gasteiger partial charge in [-0.1, -0.05) is 48.5 Å². The van der Waals surface area contributed by atoms with Crippen molar-refractivity contribution in [1.82, 2.24) is 5.32 Å². The van der Waals surface area contributed by atoms with E-state index < -0.39 is 0 Å². The van der Waals surface area contributed by atoms with E-state index >= 15 is 0 Å². The lowest BCUT2D eigenvalue weighted by molar-refractivity contribution is -0.914. The first-order chi connectivity index (χ1) is 15.2. The highest BCUT2D eigenvalue weighted by Gasteiger charge is 2.20. The zero-order valence-electron chi connectivity index (χ0n) is 17.4. The normalized spacial score (nSPS) is 14.1. The van der Waals surface area contributed by atoms with E-state index in [4.69, 9.17) is 12.2 Å². The van der Waals surface area contributed by atoms with E-state index in [9.17, 15) is 4.79 Å². The van der Waals surface area contributed by atoms with Crippen molar-refractivity contribution in [2.24, 2.45) is 0 Å². The molecule has 1 fully saturated rings. The smallest absolute Gasteiger partial charge is 0.257 e. The molecule has 0 spiro atoms. The zero-order chi connectivity index (χ0) is 21.5. The Morgan fingerprint density at radius 3 is 2.13 bits per heavy atom. The molecule has 158 valence electrons. The van der Waals surface area contributed by atoms with E-state index in [1.807, 2.05) is 30.3 Å². The van der Waals surface area contributed by atoms with E-state index in [-0.39, 0.29) is 5.91 Å². The van der Waals surface area contributed by atoms with Gasteiger partial charge < -0.3 is 15.1 Å². The molecule has 6 heteroatoms. The fourth-order valence-corrected chi connectivity index (χ4v) is 4.04. The number of hydrogen-bond acceptors (Lipinski definition) is 3. The van der Waals surface area contributed by atoms with Gasteiger partial charge in [0.15, 0.2) is 5.11 Å². The molecule has 1 aliphatic rings. The lowest BCUT2D eigenvalue weighted by Gasteiger charge is -2.33. The number of nitrogens with one attached hydrogen (secondary N) is 3. The summed E-state index contributed by atoms with van der Waals surface area (Å²) in [5, 5.41) is 6.09. The number of piperazine rings is 1. The standard InChI is InChI=1S/C25H26N4OS/c30-24(21-9-5-2-6-10-21)27-25(31)26-22-11-13-23(14-12-22)29-17-15-28(16-18-29)19-20-7-3-1-4-8-20/h1-14H,15-19H2,(H2,26,27,30,31)/p+1. The van der Waals surface area contributed by atoms with Crippen LogP contribution in [0.3, 0.4) is 0 Å². The lowest BCUT2D eigenvalue weighted by atomic mass is 10.2. The first kappa shape index (κ1) is 21.0. The molecule has 0 atom stereocenters. The van der Waals surface area contributed by atoms with Crippen LogP contribution in [0.25, 0.3) is 0 Å². The van der Waals surface area contributed by atoms with E-state index in [0.717, 1.165) is 38.4 Å².